The van der Waals surface area contributed by atoms with Crippen LogP contribution < -0.4 is 0 Å². The van der Waals surface area contributed by atoms with E-state index in [9.17, 15) is 18.0 Å². The van der Waals surface area contributed by atoms with Crippen LogP contribution in [-0.4, -0.2) is 34.1 Å². The molecule has 2 aliphatic rings. The number of piperidine rings is 1. The summed E-state index contributed by atoms with van der Waals surface area (Å²) in [6.07, 6.45) is -1.56. The fourth-order valence-corrected chi connectivity index (χ4v) is 2.45. The van der Waals surface area contributed by atoms with E-state index in [1.165, 1.54) is 0 Å². The molecule has 2 heterocycles. The highest BCUT2D eigenvalue weighted by Crippen LogP contribution is 2.35. The van der Waals surface area contributed by atoms with Crippen LogP contribution in [0.3, 0.4) is 0 Å². The quantitative estimate of drug-likeness (QED) is 0.837. The summed E-state index contributed by atoms with van der Waals surface area (Å²) in [5, 5.41) is 6.52. The number of carbonyl (C=O) groups excluding carboxylic acids is 1. The second-order valence-electron chi connectivity index (χ2n) is 5.32. The number of amides is 1. The molecule has 0 unspecified atom stereocenters. The lowest BCUT2D eigenvalue weighted by molar-refractivity contribution is -0.157. The summed E-state index contributed by atoms with van der Waals surface area (Å²) in [6.45, 7) is 1.09. The van der Waals surface area contributed by atoms with Gasteiger partial charge in [-0.3, -0.25) is 4.79 Å². The zero-order valence-corrected chi connectivity index (χ0v) is 10.7. The fourth-order valence-electron chi connectivity index (χ4n) is 2.45. The first-order valence-corrected chi connectivity index (χ1v) is 6.64. The summed E-state index contributed by atoms with van der Waals surface area (Å²) in [5.41, 5.74) is 0. The molecule has 8 heteroatoms. The Balaban J connectivity index is 1.60. The Labute approximate surface area is 113 Å². The lowest BCUT2D eigenvalue weighted by Crippen LogP contribution is -2.38. The van der Waals surface area contributed by atoms with Crippen molar-refractivity contribution >= 4 is 5.91 Å². The zero-order chi connectivity index (χ0) is 14.3. The van der Waals surface area contributed by atoms with Crippen molar-refractivity contribution in [3.05, 3.63) is 11.8 Å². The number of alkyl halides is 3. The van der Waals surface area contributed by atoms with Gasteiger partial charge in [0.15, 0.2) is 0 Å². The van der Waals surface area contributed by atoms with E-state index in [4.69, 9.17) is 4.42 Å². The topological polar surface area (TPSA) is 59.2 Å². The summed E-state index contributed by atoms with van der Waals surface area (Å²) < 4.78 is 41.8. The van der Waals surface area contributed by atoms with Crippen molar-refractivity contribution in [1.82, 2.24) is 15.1 Å². The van der Waals surface area contributed by atoms with Gasteiger partial charge in [-0.1, -0.05) is 0 Å². The number of halogens is 3. The maximum Gasteiger partial charge on any atom is 0.470 e. The molecule has 1 saturated carbocycles. The fraction of sp³-hybridized carbons (Fsp3) is 0.750. The maximum atomic E-state index is 12.4. The SMILES string of the molecule is O=C(C1CC1)N1CCC(c2nnc(C(F)(F)F)o2)CC1. The molecular weight excluding hydrogens is 275 g/mol. The van der Waals surface area contributed by atoms with Gasteiger partial charge < -0.3 is 9.32 Å². The molecule has 1 aliphatic carbocycles. The molecule has 3 rings (SSSR count). The molecule has 0 atom stereocenters. The van der Waals surface area contributed by atoms with Gasteiger partial charge in [0.1, 0.15) is 0 Å². The third-order valence-corrected chi connectivity index (χ3v) is 3.77. The molecule has 0 aromatic carbocycles. The van der Waals surface area contributed by atoms with Crippen molar-refractivity contribution in [3.8, 4) is 0 Å². The van der Waals surface area contributed by atoms with Crippen LogP contribution in [0.4, 0.5) is 13.2 Å². The standard InChI is InChI=1S/C12H14F3N3O2/c13-12(14,15)11-17-16-9(20-11)7-3-5-18(6-4-7)10(19)8-1-2-8/h7-8H,1-6H2. The number of aromatic nitrogens is 2. The Kier molecular flexibility index (Phi) is 3.18. The van der Waals surface area contributed by atoms with Crippen LogP contribution in [0.25, 0.3) is 0 Å². The summed E-state index contributed by atoms with van der Waals surface area (Å²) >= 11 is 0. The summed E-state index contributed by atoms with van der Waals surface area (Å²) in [7, 11) is 0. The van der Waals surface area contributed by atoms with Gasteiger partial charge in [0.2, 0.25) is 11.8 Å². The Morgan fingerprint density at radius 2 is 1.80 bits per heavy atom. The number of nitrogens with zero attached hydrogens (tertiary/aromatic N) is 3. The van der Waals surface area contributed by atoms with Crippen LogP contribution in [0, 0.1) is 5.92 Å². The highest BCUT2D eigenvalue weighted by molar-refractivity contribution is 5.81. The van der Waals surface area contributed by atoms with Gasteiger partial charge in [-0.15, -0.1) is 10.2 Å². The number of carbonyl (C=O) groups is 1. The summed E-state index contributed by atoms with van der Waals surface area (Å²) in [4.78, 5) is 13.7. The summed E-state index contributed by atoms with van der Waals surface area (Å²) in [6, 6.07) is 0. The van der Waals surface area contributed by atoms with E-state index >= 15 is 0 Å². The van der Waals surface area contributed by atoms with Gasteiger partial charge in [0.25, 0.3) is 0 Å². The molecule has 1 amide bonds. The first-order chi connectivity index (χ1) is 9.45. The number of hydrogen-bond acceptors (Lipinski definition) is 4. The monoisotopic (exact) mass is 289 g/mol. The van der Waals surface area contributed by atoms with Gasteiger partial charge in [-0.05, 0) is 25.7 Å². The van der Waals surface area contributed by atoms with Crippen molar-refractivity contribution in [2.75, 3.05) is 13.1 Å². The van der Waals surface area contributed by atoms with Crippen LogP contribution >= 0.6 is 0 Å². The van der Waals surface area contributed by atoms with Gasteiger partial charge in [-0.25, -0.2) is 0 Å². The zero-order valence-electron chi connectivity index (χ0n) is 10.7. The molecule has 0 radical (unpaired) electrons. The molecule has 110 valence electrons. The van der Waals surface area contributed by atoms with Crippen molar-refractivity contribution < 1.29 is 22.4 Å². The van der Waals surface area contributed by atoms with Gasteiger partial charge in [-0.2, -0.15) is 13.2 Å². The normalized spacial score (nSPS) is 21.2. The molecular formula is C12H14F3N3O2. The predicted molar refractivity (Wildman–Crippen MR) is 60.6 cm³/mol. The molecule has 5 nitrogen and oxygen atoms in total. The van der Waals surface area contributed by atoms with E-state index in [0.717, 1.165) is 12.8 Å². The lowest BCUT2D eigenvalue weighted by Gasteiger charge is -2.30. The Hall–Kier alpha value is -1.60. The minimum absolute atomic E-state index is 0.0239. The molecule has 20 heavy (non-hydrogen) atoms. The van der Waals surface area contributed by atoms with E-state index < -0.39 is 12.1 Å². The molecule has 1 aliphatic heterocycles. The van der Waals surface area contributed by atoms with Crippen LogP contribution in [0.1, 0.15) is 43.4 Å². The highest BCUT2D eigenvalue weighted by atomic mass is 19.4. The van der Waals surface area contributed by atoms with E-state index in [-0.39, 0.29) is 23.6 Å². The third kappa shape index (κ3) is 2.64. The first kappa shape index (κ1) is 13.4. The van der Waals surface area contributed by atoms with Gasteiger partial charge >= 0.3 is 12.1 Å². The molecule has 0 bridgehead atoms. The molecule has 0 N–H and O–H groups in total. The predicted octanol–water partition coefficient (Wildman–Crippen LogP) is 2.20. The lowest BCUT2D eigenvalue weighted by atomic mass is 9.96. The van der Waals surface area contributed by atoms with Crippen molar-refractivity contribution in [3.63, 3.8) is 0 Å². The van der Waals surface area contributed by atoms with Crippen molar-refractivity contribution in [1.29, 1.82) is 0 Å². The van der Waals surface area contributed by atoms with E-state index in [1.807, 2.05) is 0 Å². The van der Waals surface area contributed by atoms with E-state index in [2.05, 4.69) is 10.2 Å². The Morgan fingerprint density at radius 1 is 1.15 bits per heavy atom. The first-order valence-electron chi connectivity index (χ1n) is 6.64. The maximum absolute atomic E-state index is 12.4. The molecule has 1 aromatic rings. The molecule has 0 spiro atoms. The molecule has 1 aromatic heterocycles. The van der Waals surface area contributed by atoms with E-state index in [1.54, 1.807) is 4.90 Å². The third-order valence-electron chi connectivity index (χ3n) is 3.77. The smallest absolute Gasteiger partial charge is 0.417 e. The molecule has 1 saturated heterocycles. The average Bonchev–Trinajstić information content (AvgIpc) is 3.13. The van der Waals surface area contributed by atoms with Crippen LogP contribution in [-0.2, 0) is 11.0 Å². The molecule has 2 fully saturated rings. The Bertz CT molecular complexity index is 502. The van der Waals surface area contributed by atoms with Crippen LogP contribution in [0.5, 0.6) is 0 Å². The van der Waals surface area contributed by atoms with Crippen molar-refractivity contribution in [2.45, 2.75) is 37.8 Å². The summed E-state index contributed by atoms with van der Waals surface area (Å²) in [5.74, 6) is -1.13. The number of likely N-dealkylation sites (tertiary alicyclic amines) is 1. The Morgan fingerprint density at radius 3 is 2.30 bits per heavy atom. The largest absolute Gasteiger partial charge is 0.470 e. The minimum atomic E-state index is -4.60. The average molecular weight is 289 g/mol. The van der Waals surface area contributed by atoms with Gasteiger partial charge in [0.05, 0.1) is 0 Å². The minimum Gasteiger partial charge on any atom is -0.417 e. The van der Waals surface area contributed by atoms with Crippen molar-refractivity contribution in [2.24, 2.45) is 5.92 Å². The van der Waals surface area contributed by atoms with Crippen LogP contribution in [0.2, 0.25) is 0 Å². The van der Waals surface area contributed by atoms with Crippen LogP contribution in [0.15, 0.2) is 4.42 Å². The van der Waals surface area contributed by atoms with E-state index in [0.29, 0.717) is 25.9 Å². The second-order valence-corrected chi connectivity index (χ2v) is 5.32. The highest BCUT2D eigenvalue weighted by Gasteiger charge is 2.40. The van der Waals surface area contributed by atoms with Gasteiger partial charge in [0, 0.05) is 24.9 Å². The number of hydrogen-bond donors (Lipinski definition) is 0. The number of rotatable bonds is 2. The second kappa shape index (κ2) is 4.75.